The Labute approximate surface area is 191 Å². The molecule has 0 aliphatic carbocycles. The predicted molar refractivity (Wildman–Crippen MR) is 86.8 cm³/mol. The molecule has 2 spiro atoms. The van der Waals surface area contributed by atoms with Gasteiger partial charge >= 0.3 is 66.2 Å². The molecule has 0 saturated carbocycles. The van der Waals surface area contributed by atoms with Gasteiger partial charge in [-0.3, -0.25) is 4.74 Å². The maximum absolute atomic E-state index is 13.7. The van der Waals surface area contributed by atoms with Crippen LogP contribution in [0.5, 0.6) is 11.6 Å². The molecule has 1 aromatic rings. The Morgan fingerprint density at radius 1 is 0.806 bits per heavy atom. The largest absolute Gasteiger partial charge is 0.613 e. The summed E-state index contributed by atoms with van der Waals surface area (Å²) < 4.78 is 119. The van der Waals surface area contributed by atoms with E-state index >= 15 is 0 Å². The van der Waals surface area contributed by atoms with Crippen LogP contribution < -0.4 is 20.0 Å². The van der Waals surface area contributed by atoms with Crippen molar-refractivity contribution in [1.82, 2.24) is 9.55 Å². The van der Waals surface area contributed by atoms with Crippen molar-refractivity contribution in [3.8, 4) is 11.6 Å². The molecule has 8 fully saturated rings. The van der Waals surface area contributed by atoms with E-state index in [2.05, 4.69) is 9.66 Å². The number of nitrogens with zero attached hydrogens (tertiary/aromatic N) is 3. The van der Waals surface area contributed by atoms with Gasteiger partial charge in [0, 0.05) is 0 Å². The van der Waals surface area contributed by atoms with Crippen molar-refractivity contribution in [2.75, 3.05) is 5.23 Å². The number of fused-ring (bicyclic) bond motifs is 3. The third-order valence-electron chi connectivity index (χ3n) is 6.11. The summed E-state index contributed by atoms with van der Waals surface area (Å²) in [5.41, 5.74) is -1.43. The third kappa shape index (κ3) is 1.68. The van der Waals surface area contributed by atoms with Gasteiger partial charge in [-0.2, -0.15) is 14.4 Å². The molecule has 8 saturated heterocycles. The lowest BCUT2D eigenvalue weighted by atomic mass is 9.95. The first-order valence-electron chi connectivity index (χ1n) is 9.17. The Morgan fingerprint density at radius 3 is 2.28 bits per heavy atom. The van der Waals surface area contributed by atoms with Crippen LogP contribution in [0.2, 0.25) is 0 Å². The van der Waals surface area contributed by atoms with Crippen molar-refractivity contribution < 1.29 is 87.6 Å². The van der Waals surface area contributed by atoms with E-state index in [9.17, 15) is 28.2 Å². The molecule has 1 N–H and O–H groups in total. The highest BCUT2D eigenvalue weighted by molar-refractivity contribution is 7.51. The monoisotopic (exact) mass is 595 g/mol. The number of phosphoric acid groups is 4. The van der Waals surface area contributed by atoms with Crippen LogP contribution >= 0.6 is 31.3 Å². The van der Waals surface area contributed by atoms with Crippen molar-refractivity contribution >= 4 is 37.1 Å². The van der Waals surface area contributed by atoms with Crippen LogP contribution in [0.3, 0.4) is 0 Å². The molecule has 12 aliphatic heterocycles. The molecule has 13 rings (SSSR count). The summed E-state index contributed by atoms with van der Waals surface area (Å²) in [5.74, 6) is -18.5. The van der Waals surface area contributed by atoms with E-state index in [-0.39, 0.29) is 9.79 Å². The molecule has 12 bridgehead atoms. The van der Waals surface area contributed by atoms with Gasteiger partial charge in [-0.1, -0.05) is 5.23 Å². The van der Waals surface area contributed by atoms with E-state index in [1.165, 1.54) is 0 Å². The lowest BCUT2D eigenvalue weighted by Gasteiger charge is -2.49. The SMILES string of the molecule is O=c1nc2c3c4n1C15OC6(C78OOP(=O)(O7)O8)OP(=O)(O1)OC51OP(=O)(ON2OP(=O)(O3)O4)OC61O. The van der Waals surface area contributed by atoms with Gasteiger partial charge in [-0.25, -0.2) is 54.7 Å². The molecule has 0 amide bonds. The first-order valence-corrected chi connectivity index (χ1v) is 15.0. The second-order valence-electron chi connectivity index (χ2n) is 7.99. The van der Waals surface area contributed by atoms with E-state index in [1.807, 2.05) is 0 Å². The Bertz CT molecular complexity index is 1680. The van der Waals surface area contributed by atoms with E-state index in [0.29, 0.717) is 0 Å². The standard InChI is InChI=1S/C9HN3O20P4/c13-4-10-2-1-3-11(4)8-6-5(14,23-35(17,25-6)31-12(2)30-33(15,19-1)20-3)7(21-8,26-34(16,24-6)27-8)9-22-32-36(18,28-9)29-9/h14H. The minimum Gasteiger partial charge on any atom is -0.384 e. The summed E-state index contributed by atoms with van der Waals surface area (Å²) in [6, 6.07) is 0. The van der Waals surface area contributed by atoms with Gasteiger partial charge in [0.05, 0.1) is 0 Å². The summed E-state index contributed by atoms with van der Waals surface area (Å²) in [4.78, 5) is 21.6. The molecule has 1 aromatic heterocycles. The number of hydrogen-bond donors (Lipinski definition) is 1. The number of phosphoric ester groups is 4. The van der Waals surface area contributed by atoms with Gasteiger partial charge in [0.25, 0.3) is 5.88 Å². The van der Waals surface area contributed by atoms with Gasteiger partial charge in [0.1, 0.15) is 0 Å². The van der Waals surface area contributed by atoms with Crippen molar-refractivity contribution in [1.29, 1.82) is 0 Å². The molecule has 7 unspecified atom stereocenters. The quantitative estimate of drug-likeness (QED) is 0.321. The summed E-state index contributed by atoms with van der Waals surface area (Å²) in [5, 5.41) is 11.9. The van der Waals surface area contributed by atoms with Gasteiger partial charge in [0.2, 0.25) is 11.6 Å². The maximum Gasteiger partial charge on any atom is 0.613 e. The third-order valence-corrected chi connectivity index (χ3v) is 11.2. The summed E-state index contributed by atoms with van der Waals surface area (Å²) in [6.07, 6.45) is 0. The van der Waals surface area contributed by atoms with Crippen LogP contribution in [0.25, 0.3) is 0 Å². The fourth-order valence-corrected chi connectivity index (χ4v) is 10.8. The van der Waals surface area contributed by atoms with Crippen molar-refractivity contribution in [3.05, 3.63) is 10.5 Å². The molecule has 36 heavy (non-hydrogen) atoms. The van der Waals surface area contributed by atoms with Crippen molar-refractivity contribution in [3.63, 3.8) is 0 Å². The van der Waals surface area contributed by atoms with E-state index in [4.69, 9.17) is 59.6 Å². The number of hydrogen-bond acceptors (Lipinski definition) is 22. The van der Waals surface area contributed by atoms with E-state index in [0.717, 1.165) is 0 Å². The minimum atomic E-state index is -5.32. The zero-order valence-electron chi connectivity index (χ0n) is 15.8. The Morgan fingerprint density at radius 2 is 1.53 bits per heavy atom. The second kappa shape index (κ2) is 4.90. The summed E-state index contributed by atoms with van der Waals surface area (Å²) >= 11 is 0. The average Bonchev–Trinajstić information content (AvgIpc) is 3.46. The van der Waals surface area contributed by atoms with Crippen LogP contribution in [0.15, 0.2) is 4.79 Å². The smallest absolute Gasteiger partial charge is 0.384 e. The number of ether oxygens (including phenoxy) is 1. The van der Waals surface area contributed by atoms with Crippen molar-refractivity contribution in [2.45, 2.75) is 29.2 Å². The number of aromatic nitrogens is 2. The van der Waals surface area contributed by atoms with Gasteiger partial charge < -0.3 is 14.2 Å². The van der Waals surface area contributed by atoms with Gasteiger partial charge in [-0.15, -0.1) is 13.9 Å². The zero-order chi connectivity index (χ0) is 24.6. The first-order chi connectivity index (χ1) is 16.8. The van der Waals surface area contributed by atoms with Crippen LogP contribution in [0.1, 0.15) is 0 Å². The second-order valence-corrected chi connectivity index (χ2v) is 13.7. The topological polar surface area (TPSA) is 256 Å². The summed E-state index contributed by atoms with van der Waals surface area (Å²) in [7, 11) is -19.5. The lowest BCUT2D eigenvalue weighted by molar-refractivity contribution is -0.533. The Balaban J connectivity index is 1.37. The maximum atomic E-state index is 13.7. The highest BCUT2D eigenvalue weighted by Gasteiger charge is 3.08. The summed E-state index contributed by atoms with van der Waals surface area (Å²) in [6.45, 7) is 0. The van der Waals surface area contributed by atoms with Crippen LogP contribution in [0.4, 0.5) is 5.82 Å². The Hall–Kier alpha value is -1.32. The lowest BCUT2D eigenvalue weighted by Crippen LogP contribution is -2.75. The van der Waals surface area contributed by atoms with Gasteiger partial charge in [-0.05, 0) is 0 Å². The van der Waals surface area contributed by atoms with E-state index in [1.54, 1.807) is 0 Å². The highest BCUT2D eigenvalue weighted by atomic mass is 31.2. The van der Waals surface area contributed by atoms with Crippen molar-refractivity contribution in [2.24, 2.45) is 0 Å². The zero-order valence-corrected chi connectivity index (χ0v) is 19.4. The molecular weight excluding hydrogens is 594 g/mol. The molecular formula is C9HN3O20P4. The fourth-order valence-electron chi connectivity index (χ4n) is 4.95. The van der Waals surface area contributed by atoms with Crippen LogP contribution in [-0.2, 0) is 79.4 Å². The first kappa shape index (κ1) is 20.6. The average molecular weight is 595 g/mol. The number of aliphatic hydroxyl groups is 1. The fraction of sp³-hybridized carbons (Fsp3) is 0.556. The normalized spacial score (nSPS) is 61.0. The van der Waals surface area contributed by atoms with Gasteiger partial charge in [0.15, 0.2) is 0 Å². The molecule has 13 heterocycles. The molecule has 7 atom stereocenters. The number of rotatable bonds is 1. The Kier molecular flexibility index (Phi) is 2.81. The highest BCUT2D eigenvalue weighted by Crippen LogP contribution is 2.92. The molecule has 0 radical (unpaired) electrons. The minimum absolute atomic E-state index is 0.0609. The molecule has 12 aliphatic rings. The molecule has 0 aromatic carbocycles. The molecule has 27 heteroatoms. The predicted octanol–water partition coefficient (Wildman–Crippen LogP) is -0.348. The van der Waals surface area contributed by atoms with Crippen LogP contribution in [0, 0.1) is 0 Å². The van der Waals surface area contributed by atoms with E-state index < -0.39 is 83.7 Å². The van der Waals surface area contributed by atoms with Crippen LogP contribution in [-0.4, -0.2) is 38.0 Å². The molecule has 192 valence electrons. The molecule has 23 nitrogen and oxygen atoms in total. The number of anilines is 1.